The Bertz CT molecular complexity index is 498. The molecule has 2 aromatic carbocycles. The average Bonchev–Trinajstić information content (AvgIpc) is 2.34. The van der Waals surface area contributed by atoms with Gasteiger partial charge in [-0.2, -0.15) is 0 Å². The van der Waals surface area contributed by atoms with Crippen molar-refractivity contribution in [3.63, 3.8) is 0 Å². The molecule has 0 nitrogen and oxygen atoms in total. The Morgan fingerprint density at radius 2 is 1.33 bits per heavy atom. The van der Waals surface area contributed by atoms with Gasteiger partial charge in [-0.05, 0) is 23.6 Å². The van der Waals surface area contributed by atoms with Crippen molar-refractivity contribution in [2.75, 3.05) is 0 Å². The van der Waals surface area contributed by atoms with Gasteiger partial charge in [0.2, 0.25) is 0 Å². The summed E-state index contributed by atoms with van der Waals surface area (Å²) in [6.45, 7) is 3.95. The number of halogens is 2. The molecule has 2 rings (SSSR count). The summed E-state index contributed by atoms with van der Waals surface area (Å²) in [5.74, 6) is -1.08. The average molecular weight is 246 g/mol. The van der Waals surface area contributed by atoms with Crippen LogP contribution in [0.25, 0.3) is 0 Å². The molecule has 18 heavy (non-hydrogen) atoms. The maximum atomic E-state index is 13.9. The van der Waals surface area contributed by atoms with Crippen molar-refractivity contribution in [2.45, 2.75) is 19.8 Å². The van der Waals surface area contributed by atoms with E-state index in [2.05, 4.69) is 0 Å². The van der Waals surface area contributed by atoms with Crippen LogP contribution in [-0.2, 0) is 0 Å². The molecule has 0 aliphatic rings. The van der Waals surface area contributed by atoms with Gasteiger partial charge < -0.3 is 0 Å². The maximum Gasteiger partial charge on any atom is 0.129 e. The zero-order valence-electron chi connectivity index (χ0n) is 10.5. The molecule has 0 aliphatic carbocycles. The van der Waals surface area contributed by atoms with Crippen LogP contribution >= 0.6 is 0 Å². The molecule has 1 atom stereocenters. The van der Waals surface area contributed by atoms with Crippen LogP contribution in [0.15, 0.2) is 48.5 Å². The summed E-state index contributed by atoms with van der Waals surface area (Å²) in [6.07, 6.45) is 0. The summed E-state index contributed by atoms with van der Waals surface area (Å²) in [7, 11) is 0. The van der Waals surface area contributed by atoms with Gasteiger partial charge in [0.05, 0.1) is 0 Å². The second kappa shape index (κ2) is 5.30. The van der Waals surface area contributed by atoms with Gasteiger partial charge >= 0.3 is 0 Å². The Kier molecular flexibility index (Phi) is 3.75. The highest BCUT2D eigenvalue weighted by atomic mass is 19.1. The van der Waals surface area contributed by atoms with Crippen molar-refractivity contribution in [2.24, 2.45) is 5.92 Å². The lowest BCUT2D eigenvalue weighted by Gasteiger charge is -2.23. The van der Waals surface area contributed by atoms with Gasteiger partial charge in [0.25, 0.3) is 0 Å². The molecule has 1 unspecified atom stereocenters. The quantitative estimate of drug-likeness (QED) is 0.733. The van der Waals surface area contributed by atoms with E-state index in [0.717, 1.165) is 5.56 Å². The topological polar surface area (TPSA) is 0 Å². The normalized spacial score (nSPS) is 12.7. The van der Waals surface area contributed by atoms with Crippen molar-refractivity contribution in [3.05, 3.63) is 71.3 Å². The summed E-state index contributed by atoms with van der Waals surface area (Å²) in [4.78, 5) is 0. The minimum atomic E-state index is -0.474. The maximum absolute atomic E-state index is 13.9. The molecule has 0 aliphatic heterocycles. The van der Waals surface area contributed by atoms with Gasteiger partial charge in [-0.3, -0.25) is 0 Å². The van der Waals surface area contributed by atoms with Crippen molar-refractivity contribution >= 4 is 0 Å². The fourth-order valence-electron chi connectivity index (χ4n) is 2.35. The SMILES string of the molecule is CC(C)C(c1ccccc1)c1c(F)cccc1F. The monoisotopic (exact) mass is 246 g/mol. The molecular formula is C16H16F2. The third kappa shape index (κ3) is 2.42. The van der Waals surface area contributed by atoms with Crippen LogP contribution in [0.2, 0.25) is 0 Å². The molecule has 0 bridgehead atoms. The van der Waals surface area contributed by atoms with Crippen molar-refractivity contribution in [1.29, 1.82) is 0 Å². The zero-order chi connectivity index (χ0) is 13.1. The van der Waals surface area contributed by atoms with E-state index in [9.17, 15) is 8.78 Å². The van der Waals surface area contributed by atoms with E-state index < -0.39 is 11.6 Å². The minimum absolute atomic E-state index is 0.124. The van der Waals surface area contributed by atoms with E-state index in [-0.39, 0.29) is 17.4 Å². The van der Waals surface area contributed by atoms with E-state index in [4.69, 9.17) is 0 Å². The minimum Gasteiger partial charge on any atom is -0.207 e. The second-order valence-electron chi connectivity index (χ2n) is 4.77. The van der Waals surface area contributed by atoms with Crippen LogP contribution in [0.1, 0.15) is 30.9 Å². The number of rotatable bonds is 3. The molecule has 2 aromatic rings. The molecule has 0 heterocycles. The van der Waals surface area contributed by atoms with Crippen LogP contribution in [0.3, 0.4) is 0 Å². The van der Waals surface area contributed by atoms with Gasteiger partial charge in [-0.25, -0.2) is 8.78 Å². The third-order valence-electron chi connectivity index (χ3n) is 3.14. The first kappa shape index (κ1) is 12.7. The lowest BCUT2D eigenvalue weighted by Crippen LogP contribution is -2.12. The van der Waals surface area contributed by atoms with E-state index in [1.165, 1.54) is 18.2 Å². The standard InChI is InChI=1S/C16H16F2/c1-11(2)15(12-7-4-3-5-8-12)16-13(17)9-6-10-14(16)18/h3-11,15H,1-2H3. The van der Waals surface area contributed by atoms with Crippen molar-refractivity contribution < 1.29 is 8.78 Å². The molecule has 0 saturated carbocycles. The molecule has 0 amide bonds. The first-order valence-corrected chi connectivity index (χ1v) is 6.10. The van der Waals surface area contributed by atoms with Crippen LogP contribution in [0.5, 0.6) is 0 Å². The predicted octanol–water partition coefficient (Wildman–Crippen LogP) is 4.75. The Labute approximate surface area is 106 Å². The molecule has 2 heteroatoms. The Morgan fingerprint density at radius 1 is 0.778 bits per heavy atom. The Morgan fingerprint density at radius 3 is 1.83 bits per heavy atom. The second-order valence-corrected chi connectivity index (χ2v) is 4.77. The fourth-order valence-corrected chi connectivity index (χ4v) is 2.35. The van der Waals surface area contributed by atoms with Gasteiger partial charge in [0.1, 0.15) is 11.6 Å². The van der Waals surface area contributed by atoms with Gasteiger partial charge in [0, 0.05) is 11.5 Å². The smallest absolute Gasteiger partial charge is 0.129 e. The Balaban J connectivity index is 2.56. The lowest BCUT2D eigenvalue weighted by molar-refractivity contribution is 0.486. The molecular weight excluding hydrogens is 230 g/mol. The summed E-state index contributed by atoms with van der Waals surface area (Å²) in [5, 5.41) is 0. The highest BCUT2D eigenvalue weighted by molar-refractivity contribution is 5.34. The summed E-state index contributed by atoms with van der Waals surface area (Å²) >= 11 is 0. The van der Waals surface area contributed by atoms with E-state index >= 15 is 0 Å². The third-order valence-corrected chi connectivity index (χ3v) is 3.14. The lowest BCUT2D eigenvalue weighted by atomic mass is 9.82. The summed E-state index contributed by atoms with van der Waals surface area (Å²) in [6, 6.07) is 13.5. The highest BCUT2D eigenvalue weighted by Gasteiger charge is 2.24. The first-order chi connectivity index (χ1) is 8.61. The summed E-state index contributed by atoms with van der Waals surface area (Å²) in [5.41, 5.74) is 1.11. The first-order valence-electron chi connectivity index (χ1n) is 6.10. The largest absolute Gasteiger partial charge is 0.207 e. The zero-order valence-corrected chi connectivity index (χ0v) is 10.5. The molecule has 0 spiro atoms. The van der Waals surface area contributed by atoms with E-state index in [0.29, 0.717) is 0 Å². The van der Waals surface area contributed by atoms with Crippen LogP contribution in [-0.4, -0.2) is 0 Å². The number of hydrogen-bond acceptors (Lipinski definition) is 0. The molecule has 0 saturated heterocycles. The van der Waals surface area contributed by atoms with E-state index in [1.807, 2.05) is 44.2 Å². The Hall–Kier alpha value is -1.70. The van der Waals surface area contributed by atoms with Gasteiger partial charge in [-0.1, -0.05) is 50.2 Å². The number of benzene rings is 2. The van der Waals surface area contributed by atoms with Crippen molar-refractivity contribution in [1.82, 2.24) is 0 Å². The van der Waals surface area contributed by atoms with Crippen LogP contribution in [0.4, 0.5) is 8.78 Å². The van der Waals surface area contributed by atoms with Crippen molar-refractivity contribution in [3.8, 4) is 0 Å². The van der Waals surface area contributed by atoms with Gasteiger partial charge in [0.15, 0.2) is 0 Å². The van der Waals surface area contributed by atoms with Gasteiger partial charge in [-0.15, -0.1) is 0 Å². The molecule has 94 valence electrons. The van der Waals surface area contributed by atoms with Crippen LogP contribution in [0, 0.1) is 17.6 Å². The number of hydrogen-bond donors (Lipinski definition) is 0. The summed E-state index contributed by atoms with van der Waals surface area (Å²) < 4.78 is 27.8. The molecule has 0 N–H and O–H groups in total. The molecule has 0 radical (unpaired) electrons. The predicted molar refractivity (Wildman–Crippen MR) is 69.5 cm³/mol. The van der Waals surface area contributed by atoms with E-state index in [1.54, 1.807) is 0 Å². The molecule has 0 aromatic heterocycles. The molecule has 0 fully saturated rings. The fraction of sp³-hybridized carbons (Fsp3) is 0.250. The van der Waals surface area contributed by atoms with Crippen LogP contribution < -0.4 is 0 Å². The highest BCUT2D eigenvalue weighted by Crippen LogP contribution is 2.34.